The number of carbonyl (C=O) groups is 1. The molecule has 0 radical (unpaired) electrons. The van der Waals surface area contributed by atoms with Crippen molar-refractivity contribution < 1.29 is 19.0 Å². The number of carbonyl (C=O) groups excluding carboxylic acids is 1. The van der Waals surface area contributed by atoms with E-state index in [1.165, 1.54) is 7.11 Å². The van der Waals surface area contributed by atoms with Gasteiger partial charge in [0.05, 0.1) is 26.4 Å². The molecule has 108 valence electrons. The molecule has 0 saturated carbocycles. The normalized spacial score (nSPS) is 16.1. The summed E-state index contributed by atoms with van der Waals surface area (Å²) in [6.07, 6.45) is 1.50. The highest BCUT2D eigenvalue weighted by molar-refractivity contribution is 5.80. The van der Waals surface area contributed by atoms with Gasteiger partial charge in [-0.3, -0.25) is 4.79 Å². The molecule has 0 saturated heterocycles. The second-order valence-corrected chi connectivity index (χ2v) is 4.63. The maximum absolute atomic E-state index is 11.8. The number of nitrogens with one attached hydrogen (secondary N) is 1. The summed E-state index contributed by atoms with van der Waals surface area (Å²) in [6, 6.07) is 0. The molecule has 5 heteroatoms. The minimum Gasteiger partial charge on any atom is -0.468 e. The van der Waals surface area contributed by atoms with Crippen LogP contribution in [0.5, 0.6) is 0 Å². The predicted octanol–water partition coefficient (Wildman–Crippen LogP) is 1.36. The third kappa shape index (κ3) is 6.33. The van der Waals surface area contributed by atoms with E-state index in [0.717, 1.165) is 13.0 Å². The largest absolute Gasteiger partial charge is 0.468 e. The Bertz CT molecular complexity index is 235. The first-order valence-corrected chi connectivity index (χ1v) is 6.44. The Kier molecular flexibility index (Phi) is 8.97. The number of hydrogen-bond donors (Lipinski definition) is 1. The molecule has 0 aromatic rings. The smallest absolute Gasteiger partial charge is 0.325 e. The lowest BCUT2D eigenvalue weighted by molar-refractivity contribution is -0.149. The molecule has 0 aliphatic carbocycles. The van der Waals surface area contributed by atoms with Crippen molar-refractivity contribution >= 4 is 5.97 Å². The average molecular weight is 261 g/mol. The van der Waals surface area contributed by atoms with E-state index in [2.05, 4.69) is 12.2 Å². The fraction of sp³-hybridized carbons (Fsp3) is 0.923. The van der Waals surface area contributed by atoms with Crippen molar-refractivity contribution in [1.29, 1.82) is 0 Å². The van der Waals surface area contributed by atoms with E-state index in [-0.39, 0.29) is 12.1 Å². The van der Waals surface area contributed by atoms with Gasteiger partial charge in [0.15, 0.2) is 0 Å². The van der Waals surface area contributed by atoms with Gasteiger partial charge in [0.1, 0.15) is 5.54 Å². The molecule has 2 unspecified atom stereocenters. The van der Waals surface area contributed by atoms with E-state index in [4.69, 9.17) is 14.2 Å². The molecule has 0 aliphatic rings. The average Bonchev–Trinajstić information content (AvgIpc) is 2.35. The van der Waals surface area contributed by atoms with Crippen LogP contribution in [0.1, 0.15) is 33.6 Å². The molecule has 0 fully saturated rings. The van der Waals surface area contributed by atoms with Crippen LogP contribution in [-0.2, 0) is 19.0 Å². The van der Waals surface area contributed by atoms with Crippen molar-refractivity contribution in [2.24, 2.45) is 0 Å². The summed E-state index contributed by atoms with van der Waals surface area (Å²) in [5.41, 5.74) is -0.697. The highest BCUT2D eigenvalue weighted by Crippen LogP contribution is 2.16. The fourth-order valence-corrected chi connectivity index (χ4v) is 1.82. The van der Waals surface area contributed by atoms with Crippen LogP contribution in [0.15, 0.2) is 0 Å². The van der Waals surface area contributed by atoms with Gasteiger partial charge in [0.2, 0.25) is 0 Å². The summed E-state index contributed by atoms with van der Waals surface area (Å²) in [5.74, 6) is -0.252. The van der Waals surface area contributed by atoms with Crippen LogP contribution in [0.4, 0.5) is 0 Å². The number of esters is 1. The Hall–Kier alpha value is -0.650. The second kappa shape index (κ2) is 9.30. The van der Waals surface area contributed by atoms with Crippen LogP contribution in [0.3, 0.4) is 0 Å². The van der Waals surface area contributed by atoms with Crippen LogP contribution in [0, 0.1) is 0 Å². The van der Waals surface area contributed by atoms with Gasteiger partial charge >= 0.3 is 5.97 Å². The van der Waals surface area contributed by atoms with Crippen molar-refractivity contribution in [3.8, 4) is 0 Å². The zero-order valence-corrected chi connectivity index (χ0v) is 12.2. The minimum atomic E-state index is -0.697. The number of hydrogen-bond acceptors (Lipinski definition) is 5. The molecular weight excluding hydrogens is 234 g/mol. The van der Waals surface area contributed by atoms with Crippen LogP contribution in [0.25, 0.3) is 0 Å². The summed E-state index contributed by atoms with van der Waals surface area (Å²) in [4.78, 5) is 11.8. The summed E-state index contributed by atoms with van der Waals surface area (Å²) >= 11 is 0. The van der Waals surface area contributed by atoms with Crippen molar-refractivity contribution in [2.45, 2.75) is 45.3 Å². The second-order valence-electron chi connectivity index (χ2n) is 4.63. The van der Waals surface area contributed by atoms with Gasteiger partial charge in [-0.2, -0.15) is 0 Å². The third-order valence-corrected chi connectivity index (χ3v) is 2.79. The van der Waals surface area contributed by atoms with Crippen molar-refractivity contribution in [3.05, 3.63) is 0 Å². The van der Waals surface area contributed by atoms with E-state index in [9.17, 15) is 4.79 Å². The van der Waals surface area contributed by atoms with E-state index in [1.54, 1.807) is 7.11 Å². The van der Waals surface area contributed by atoms with Crippen LogP contribution in [-0.4, -0.2) is 51.6 Å². The molecule has 2 atom stereocenters. The molecular formula is C13H27NO4. The lowest BCUT2D eigenvalue weighted by Gasteiger charge is -2.30. The van der Waals surface area contributed by atoms with Crippen LogP contribution < -0.4 is 5.32 Å². The Morgan fingerprint density at radius 1 is 1.33 bits per heavy atom. The first-order chi connectivity index (χ1) is 8.50. The summed E-state index contributed by atoms with van der Waals surface area (Å²) < 4.78 is 15.4. The lowest BCUT2D eigenvalue weighted by Crippen LogP contribution is -2.52. The number of methoxy groups -OCH3 is 2. The van der Waals surface area contributed by atoms with Gasteiger partial charge in [0, 0.05) is 13.5 Å². The molecule has 0 rings (SSSR count). The zero-order valence-electron chi connectivity index (χ0n) is 12.2. The van der Waals surface area contributed by atoms with Gasteiger partial charge < -0.3 is 19.5 Å². The minimum absolute atomic E-state index is 0.0337. The Balaban J connectivity index is 4.34. The van der Waals surface area contributed by atoms with Crippen molar-refractivity contribution in [3.63, 3.8) is 0 Å². The summed E-state index contributed by atoms with van der Waals surface area (Å²) in [7, 11) is 3.04. The van der Waals surface area contributed by atoms with E-state index in [0.29, 0.717) is 19.6 Å². The Morgan fingerprint density at radius 3 is 2.50 bits per heavy atom. The standard InChI is InChI=1S/C13H27NO4/c1-6-7-14-13(3,12(15)17-5)10-11(2)18-9-8-16-4/h11,14H,6-10H2,1-5H3. The SMILES string of the molecule is CCCNC(C)(CC(C)OCCOC)C(=O)OC. The molecule has 0 aromatic carbocycles. The molecule has 0 spiro atoms. The van der Waals surface area contributed by atoms with Gasteiger partial charge in [0.25, 0.3) is 0 Å². The van der Waals surface area contributed by atoms with E-state index in [1.807, 2.05) is 13.8 Å². The molecule has 0 aromatic heterocycles. The van der Waals surface area contributed by atoms with Crippen LogP contribution in [0.2, 0.25) is 0 Å². The summed E-state index contributed by atoms with van der Waals surface area (Å²) in [6.45, 7) is 7.72. The lowest BCUT2D eigenvalue weighted by atomic mass is 9.94. The topological polar surface area (TPSA) is 56.8 Å². The highest BCUT2D eigenvalue weighted by Gasteiger charge is 2.35. The number of rotatable bonds is 10. The first-order valence-electron chi connectivity index (χ1n) is 6.44. The summed E-state index contributed by atoms with van der Waals surface area (Å²) in [5, 5.41) is 3.23. The molecule has 1 N–H and O–H groups in total. The molecule has 0 amide bonds. The monoisotopic (exact) mass is 261 g/mol. The maximum Gasteiger partial charge on any atom is 0.325 e. The molecule has 0 bridgehead atoms. The quantitative estimate of drug-likeness (QED) is 0.475. The van der Waals surface area contributed by atoms with Crippen LogP contribution >= 0.6 is 0 Å². The van der Waals surface area contributed by atoms with Crippen molar-refractivity contribution in [2.75, 3.05) is 34.0 Å². The molecule has 18 heavy (non-hydrogen) atoms. The third-order valence-electron chi connectivity index (χ3n) is 2.79. The predicted molar refractivity (Wildman–Crippen MR) is 70.6 cm³/mol. The molecule has 5 nitrogen and oxygen atoms in total. The zero-order chi connectivity index (χ0) is 14.0. The highest BCUT2D eigenvalue weighted by atomic mass is 16.5. The van der Waals surface area contributed by atoms with Gasteiger partial charge in [-0.1, -0.05) is 6.92 Å². The first kappa shape index (κ1) is 17.4. The fourth-order valence-electron chi connectivity index (χ4n) is 1.82. The van der Waals surface area contributed by atoms with Gasteiger partial charge in [-0.25, -0.2) is 0 Å². The molecule has 0 aliphatic heterocycles. The number of ether oxygens (including phenoxy) is 3. The Morgan fingerprint density at radius 2 is 2.00 bits per heavy atom. The van der Waals surface area contributed by atoms with Gasteiger partial charge in [-0.05, 0) is 26.8 Å². The molecule has 0 heterocycles. The van der Waals surface area contributed by atoms with E-state index >= 15 is 0 Å². The van der Waals surface area contributed by atoms with Gasteiger partial charge in [-0.15, -0.1) is 0 Å². The maximum atomic E-state index is 11.8. The Labute approximate surface area is 110 Å². The van der Waals surface area contributed by atoms with Crippen molar-refractivity contribution in [1.82, 2.24) is 5.32 Å². The van der Waals surface area contributed by atoms with E-state index < -0.39 is 5.54 Å².